The number of hydrogen-bond donors (Lipinski definition) is 1. The van der Waals surface area contributed by atoms with E-state index in [2.05, 4.69) is 40.2 Å². The summed E-state index contributed by atoms with van der Waals surface area (Å²) in [6.07, 6.45) is 5.11. The van der Waals surface area contributed by atoms with E-state index in [1.165, 1.54) is 31.7 Å². The van der Waals surface area contributed by atoms with Gasteiger partial charge in [0, 0.05) is 23.1 Å². The predicted octanol–water partition coefficient (Wildman–Crippen LogP) is 3.55. The fraction of sp³-hybridized carbons (Fsp3) is 0.600. The van der Waals surface area contributed by atoms with Gasteiger partial charge in [0.05, 0.1) is 0 Å². The maximum absolute atomic E-state index is 13.2. The number of nitrogens with one attached hydrogen (secondary N) is 1. The van der Waals surface area contributed by atoms with Crippen molar-refractivity contribution in [1.82, 2.24) is 10.2 Å². The first-order chi connectivity index (χ1) is 9.03. The molecule has 106 valence electrons. The Morgan fingerprint density at radius 1 is 1.32 bits per heavy atom. The fourth-order valence-corrected chi connectivity index (χ4v) is 3.31. The number of rotatable bonds is 5. The minimum Gasteiger partial charge on any atom is -0.311 e. The second kappa shape index (κ2) is 6.33. The average Bonchev–Trinajstić information content (AvgIpc) is 2.84. The summed E-state index contributed by atoms with van der Waals surface area (Å²) >= 11 is 3.47. The van der Waals surface area contributed by atoms with E-state index in [-0.39, 0.29) is 11.4 Å². The first-order valence-electron chi connectivity index (χ1n) is 6.86. The molecule has 0 aromatic heterocycles. The SMILES string of the molecule is CN(C)C1(CNCc2cc(F)ccc2Br)CCCC1. The number of halogens is 2. The molecule has 2 nitrogen and oxygen atoms in total. The zero-order valence-electron chi connectivity index (χ0n) is 11.7. The van der Waals surface area contributed by atoms with Gasteiger partial charge in [-0.1, -0.05) is 28.8 Å². The van der Waals surface area contributed by atoms with Crippen molar-refractivity contribution in [3.8, 4) is 0 Å². The normalized spacial score (nSPS) is 18.2. The summed E-state index contributed by atoms with van der Waals surface area (Å²) < 4.78 is 14.2. The summed E-state index contributed by atoms with van der Waals surface area (Å²) in [6.45, 7) is 1.66. The molecule has 0 unspecified atom stereocenters. The Bertz CT molecular complexity index is 428. The molecule has 1 aliphatic rings. The average molecular weight is 329 g/mol. The Morgan fingerprint density at radius 3 is 2.63 bits per heavy atom. The van der Waals surface area contributed by atoms with E-state index in [9.17, 15) is 4.39 Å². The topological polar surface area (TPSA) is 15.3 Å². The molecule has 2 rings (SSSR count). The van der Waals surface area contributed by atoms with Crippen molar-refractivity contribution in [2.24, 2.45) is 0 Å². The number of hydrogen-bond acceptors (Lipinski definition) is 2. The zero-order valence-corrected chi connectivity index (χ0v) is 13.3. The molecule has 0 saturated heterocycles. The van der Waals surface area contributed by atoms with Crippen molar-refractivity contribution in [3.63, 3.8) is 0 Å². The number of benzene rings is 1. The van der Waals surface area contributed by atoms with Crippen LogP contribution in [0.4, 0.5) is 4.39 Å². The molecule has 1 aliphatic carbocycles. The molecule has 0 aliphatic heterocycles. The van der Waals surface area contributed by atoms with Crippen LogP contribution in [-0.4, -0.2) is 31.1 Å². The summed E-state index contributed by atoms with van der Waals surface area (Å²) in [5.41, 5.74) is 1.26. The van der Waals surface area contributed by atoms with Crippen molar-refractivity contribution < 1.29 is 4.39 Å². The highest BCUT2D eigenvalue weighted by Crippen LogP contribution is 2.33. The van der Waals surface area contributed by atoms with Crippen molar-refractivity contribution in [2.75, 3.05) is 20.6 Å². The minimum atomic E-state index is -0.178. The van der Waals surface area contributed by atoms with Crippen LogP contribution in [0.5, 0.6) is 0 Å². The van der Waals surface area contributed by atoms with Crippen LogP contribution in [0.3, 0.4) is 0 Å². The van der Waals surface area contributed by atoms with E-state index in [1.54, 1.807) is 12.1 Å². The van der Waals surface area contributed by atoms with Crippen LogP contribution in [0.2, 0.25) is 0 Å². The van der Waals surface area contributed by atoms with Crippen molar-refractivity contribution in [3.05, 3.63) is 34.1 Å². The molecule has 1 saturated carbocycles. The Morgan fingerprint density at radius 2 is 2.00 bits per heavy atom. The molecule has 0 radical (unpaired) electrons. The lowest BCUT2D eigenvalue weighted by Crippen LogP contribution is -2.49. The van der Waals surface area contributed by atoms with Gasteiger partial charge < -0.3 is 10.2 Å². The molecule has 1 N–H and O–H groups in total. The van der Waals surface area contributed by atoms with Gasteiger partial charge in [-0.2, -0.15) is 0 Å². The van der Waals surface area contributed by atoms with E-state index in [4.69, 9.17) is 0 Å². The first kappa shape index (κ1) is 14.9. The van der Waals surface area contributed by atoms with Crippen molar-refractivity contribution in [2.45, 2.75) is 37.8 Å². The van der Waals surface area contributed by atoms with E-state index in [0.29, 0.717) is 6.54 Å². The molecular weight excluding hydrogens is 307 g/mol. The Balaban J connectivity index is 1.94. The largest absolute Gasteiger partial charge is 0.311 e. The van der Waals surface area contributed by atoms with E-state index in [0.717, 1.165) is 16.6 Å². The van der Waals surface area contributed by atoms with Crippen LogP contribution in [0.1, 0.15) is 31.2 Å². The van der Waals surface area contributed by atoms with Gasteiger partial charge in [0.1, 0.15) is 5.82 Å². The maximum atomic E-state index is 13.2. The van der Waals surface area contributed by atoms with Crippen LogP contribution in [0, 0.1) is 5.82 Å². The fourth-order valence-electron chi connectivity index (χ4n) is 2.92. The summed E-state index contributed by atoms with van der Waals surface area (Å²) in [6, 6.07) is 4.84. The molecule has 4 heteroatoms. The molecule has 0 atom stereocenters. The monoisotopic (exact) mass is 328 g/mol. The second-order valence-electron chi connectivity index (χ2n) is 5.67. The Hall–Kier alpha value is -0.450. The first-order valence-corrected chi connectivity index (χ1v) is 7.65. The zero-order chi connectivity index (χ0) is 13.9. The third-order valence-electron chi connectivity index (χ3n) is 4.26. The minimum absolute atomic E-state index is 0.178. The maximum Gasteiger partial charge on any atom is 0.123 e. The summed E-state index contributed by atoms with van der Waals surface area (Å²) in [4.78, 5) is 2.34. The van der Waals surface area contributed by atoms with Crippen molar-refractivity contribution >= 4 is 15.9 Å². The van der Waals surface area contributed by atoms with E-state index < -0.39 is 0 Å². The van der Waals surface area contributed by atoms with Gasteiger partial charge in [-0.25, -0.2) is 4.39 Å². The third-order valence-corrected chi connectivity index (χ3v) is 5.03. The van der Waals surface area contributed by atoms with Crippen LogP contribution in [0.25, 0.3) is 0 Å². The third kappa shape index (κ3) is 3.56. The lowest BCUT2D eigenvalue weighted by molar-refractivity contribution is 0.153. The highest BCUT2D eigenvalue weighted by molar-refractivity contribution is 9.10. The van der Waals surface area contributed by atoms with Crippen LogP contribution in [0.15, 0.2) is 22.7 Å². The molecule has 19 heavy (non-hydrogen) atoms. The second-order valence-corrected chi connectivity index (χ2v) is 6.52. The lowest BCUT2D eigenvalue weighted by atomic mass is 9.96. The van der Waals surface area contributed by atoms with E-state index >= 15 is 0 Å². The van der Waals surface area contributed by atoms with Gasteiger partial charge in [0.25, 0.3) is 0 Å². The summed E-state index contributed by atoms with van der Waals surface area (Å²) in [5, 5.41) is 3.50. The van der Waals surface area contributed by atoms with Crippen LogP contribution >= 0.6 is 15.9 Å². The summed E-state index contributed by atoms with van der Waals surface area (Å²) in [5.74, 6) is -0.178. The number of likely N-dealkylation sites (N-methyl/N-ethyl adjacent to an activating group) is 1. The predicted molar refractivity (Wildman–Crippen MR) is 80.7 cm³/mol. The quantitative estimate of drug-likeness (QED) is 0.889. The van der Waals surface area contributed by atoms with Gasteiger partial charge in [-0.3, -0.25) is 0 Å². The van der Waals surface area contributed by atoms with E-state index in [1.807, 2.05) is 0 Å². The van der Waals surface area contributed by atoms with Gasteiger partial charge in [0.2, 0.25) is 0 Å². The Labute approximate surface area is 123 Å². The molecule has 0 spiro atoms. The summed E-state index contributed by atoms with van der Waals surface area (Å²) in [7, 11) is 4.32. The molecule has 0 heterocycles. The lowest BCUT2D eigenvalue weighted by Gasteiger charge is -2.36. The van der Waals surface area contributed by atoms with Gasteiger partial charge in [-0.05, 0) is 50.7 Å². The molecule has 1 aromatic carbocycles. The van der Waals surface area contributed by atoms with Gasteiger partial charge >= 0.3 is 0 Å². The molecule has 1 aromatic rings. The standard InChI is InChI=1S/C15H22BrFN2/c1-19(2)15(7-3-4-8-15)11-18-10-12-9-13(17)5-6-14(12)16/h5-6,9,18H,3-4,7-8,10-11H2,1-2H3. The molecular formula is C15H22BrFN2. The Kier molecular flexibility index (Phi) is 4.98. The number of nitrogens with zero attached hydrogens (tertiary/aromatic N) is 1. The highest BCUT2D eigenvalue weighted by atomic mass is 79.9. The highest BCUT2D eigenvalue weighted by Gasteiger charge is 2.35. The van der Waals surface area contributed by atoms with Crippen LogP contribution < -0.4 is 5.32 Å². The van der Waals surface area contributed by atoms with Gasteiger partial charge in [-0.15, -0.1) is 0 Å². The molecule has 0 bridgehead atoms. The molecule has 0 amide bonds. The van der Waals surface area contributed by atoms with Gasteiger partial charge in [0.15, 0.2) is 0 Å². The smallest absolute Gasteiger partial charge is 0.123 e. The van der Waals surface area contributed by atoms with Crippen molar-refractivity contribution in [1.29, 1.82) is 0 Å². The van der Waals surface area contributed by atoms with Crippen LogP contribution in [-0.2, 0) is 6.54 Å². The molecule has 1 fully saturated rings.